The van der Waals surface area contributed by atoms with E-state index >= 15 is 0 Å². The molecule has 0 unspecified atom stereocenters. The molecule has 0 amide bonds. The fourth-order valence-corrected chi connectivity index (χ4v) is 4.07. The van der Waals surface area contributed by atoms with Crippen LogP contribution in [0.3, 0.4) is 0 Å². The number of anilines is 1. The Morgan fingerprint density at radius 2 is 1.79 bits per heavy atom. The first-order valence-electron chi connectivity index (χ1n) is 7.38. The number of sulfonamides is 1. The van der Waals surface area contributed by atoms with Crippen LogP contribution in [0.5, 0.6) is 0 Å². The molecular formula is C15H16F2N4O2S. The summed E-state index contributed by atoms with van der Waals surface area (Å²) in [6.07, 6.45) is 1.65. The molecule has 1 fully saturated rings. The van der Waals surface area contributed by atoms with Crippen LogP contribution in [-0.4, -0.2) is 48.9 Å². The molecule has 0 N–H and O–H groups in total. The van der Waals surface area contributed by atoms with E-state index in [2.05, 4.69) is 9.97 Å². The maximum absolute atomic E-state index is 13.8. The number of nitrogens with zero attached hydrogens (tertiary/aromatic N) is 4. The summed E-state index contributed by atoms with van der Waals surface area (Å²) < 4.78 is 53.1. The van der Waals surface area contributed by atoms with E-state index in [9.17, 15) is 17.2 Å². The first-order valence-corrected chi connectivity index (χ1v) is 8.82. The Morgan fingerprint density at radius 3 is 2.42 bits per heavy atom. The number of hydrogen-bond donors (Lipinski definition) is 0. The fraction of sp³-hybridized carbons (Fsp3) is 0.333. The minimum Gasteiger partial charge on any atom is -0.354 e. The van der Waals surface area contributed by atoms with Crippen LogP contribution < -0.4 is 4.90 Å². The smallest absolute Gasteiger partial charge is 0.246 e. The average Bonchev–Trinajstić information content (AvgIpc) is 2.54. The van der Waals surface area contributed by atoms with Gasteiger partial charge in [-0.05, 0) is 25.1 Å². The van der Waals surface area contributed by atoms with Crippen LogP contribution in [0.2, 0.25) is 0 Å². The van der Waals surface area contributed by atoms with E-state index in [1.54, 1.807) is 19.2 Å². The van der Waals surface area contributed by atoms with Gasteiger partial charge in [0.15, 0.2) is 0 Å². The van der Waals surface area contributed by atoms with Crippen molar-refractivity contribution in [1.29, 1.82) is 0 Å². The molecule has 1 saturated heterocycles. The molecule has 3 rings (SSSR count). The van der Waals surface area contributed by atoms with Crippen LogP contribution in [0.4, 0.5) is 14.6 Å². The van der Waals surface area contributed by atoms with E-state index < -0.39 is 26.6 Å². The molecule has 2 aromatic rings. The second-order valence-electron chi connectivity index (χ2n) is 5.43. The predicted octanol–water partition coefficient (Wildman–Crippen LogP) is 1.57. The van der Waals surface area contributed by atoms with E-state index in [4.69, 9.17) is 0 Å². The molecule has 0 radical (unpaired) electrons. The van der Waals surface area contributed by atoms with Gasteiger partial charge in [0.2, 0.25) is 10.0 Å². The zero-order chi connectivity index (χ0) is 17.3. The van der Waals surface area contributed by atoms with Crippen LogP contribution in [0.1, 0.15) is 5.82 Å². The van der Waals surface area contributed by atoms with Gasteiger partial charge in [-0.2, -0.15) is 4.31 Å². The van der Waals surface area contributed by atoms with Gasteiger partial charge in [0.05, 0.1) is 0 Å². The Bertz CT molecular complexity index is 852. The lowest BCUT2D eigenvalue weighted by molar-refractivity contribution is 0.381. The lowest BCUT2D eigenvalue weighted by Crippen LogP contribution is -2.49. The maximum Gasteiger partial charge on any atom is 0.246 e. The van der Waals surface area contributed by atoms with Crippen molar-refractivity contribution in [3.05, 3.63) is 47.9 Å². The standard InChI is InChI=1S/C15H16F2N4O2S/c1-11-18-5-4-15(19-11)20-6-8-21(9-7-20)24(22,23)14-3-2-12(16)10-13(14)17/h2-5,10H,6-9H2,1H3. The lowest BCUT2D eigenvalue weighted by Gasteiger charge is -2.34. The summed E-state index contributed by atoms with van der Waals surface area (Å²) in [6, 6.07) is 4.24. The Hall–Kier alpha value is -2.13. The minimum absolute atomic E-state index is 0.197. The number of hydrogen-bond acceptors (Lipinski definition) is 5. The average molecular weight is 354 g/mol. The molecule has 0 atom stereocenters. The van der Waals surface area contributed by atoms with Crippen molar-refractivity contribution in [3.63, 3.8) is 0 Å². The van der Waals surface area contributed by atoms with Crippen molar-refractivity contribution in [1.82, 2.24) is 14.3 Å². The van der Waals surface area contributed by atoms with Crippen molar-refractivity contribution in [3.8, 4) is 0 Å². The molecule has 0 aliphatic carbocycles. The molecule has 128 valence electrons. The Morgan fingerprint density at radius 1 is 1.08 bits per heavy atom. The van der Waals surface area contributed by atoms with Crippen LogP contribution >= 0.6 is 0 Å². The van der Waals surface area contributed by atoms with E-state index in [1.165, 1.54) is 4.31 Å². The van der Waals surface area contributed by atoms with Crippen molar-refractivity contribution in [2.75, 3.05) is 31.1 Å². The number of piperazine rings is 1. The normalized spacial score (nSPS) is 16.4. The van der Waals surface area contributed by atoms with E-state index in [0.717, 1.165) is 18.0 Å². The van der Waals surface area contributed by atoms with Gasteiger partial charge in [-0.25, -0.2) is 27.2 Å². The highest BCUT2D eigenvalue weighted by molar-refractivity contribution is 7.89. The SMILES string of the molecule is Cc1nccc(N2CCN(S(=O)(=O)c3ccc(F)cc3F)CC2)n1. The van der Waals surface area contributed by atoms with Crippen molar-refractivity contribution >= 4 is 15.8 Å². The fourth-order valence-electron chi connectivity index (χ4n) is 2.60. The molecule has 6 nitrogen and oxygen atoms in total. The predicted molar refractivity (Wildman–Crippen MR) is 84.1 cm³/mol. The van der Waals surface area contributed by atoms with Crippen molar-refractivity contribution in [2.24, 2.45) is 0 Å². The van der Waals surface area contributed by atoms with Crippen molar-refractivity contribution in [2.45, 2.75) is 11.8 Å². The van der Waals surface area contributed by atoms with Crippen LogP contribution in [0, 0.1) is 18.6 Å². The summed E-state index contributed by atoms with van der Waals surface area (Å²) in [7, 11) is -3.99. The lowest BCUT2D eigenvalue weighted by atomic mass is 10.3. The molecule has 0 bridgehead atoms. The second kappa shape index (κ2) is 6.40. The number of halogens is 2. The summed E-state index contributed by atoms with van der Waals surface area (Å²) >= 11 is 0. The number of benzene rings is 1. The summed E-state index contributed by atoms with van der Waals surface area (Å²) in [5.41, 5.74) is 0. The minimum atomic E-state index is -3.99. The molecule has 1 aliphatic rings. The molecule has 1 aromatic carbocycles. The van der Waals surface area contributed by atoms with Gasteiger partial charge in [0.25, 0.3) is 0 Å². The van der Waals surface area contributed by atoms with Crippen LogP contribution in [-0.2, 0) is 10.0 Å². The Balaban J connectivity index is 1.76. The number of aryl methyl sites for hydroxylation is 1. The highest BCUT2D eigenvalue weighted by atomic mass is 32.2. The molecule has 0 saturated carbocycles. The molecule has 24 heavy (non-hydrogen) atoms. The van der Waals surface area contributed by atoms with Crippen LogP contribution in [0.15, 0.2) is 35.4 Å². The third kappa shape index (κ3) is 3.22. The number of aromatic nitrogens is 2. The first kappa shape index (κ1) is 16.7. The molecule has 1 aromatic heterocycles. The van der Waals surface area contributed by atoms with E-state index in [1.807, 2.05) is 4.90 Å². The third-order valence-electron chi connectivity index (χ3n) is 3.84. The summed E-state index contributed by atoms with van der Waals surface area (Å²) in [5.74, 6) is -0.525. The van der Waals surface area contributed by atoms with E-state index in [-0.39, 0.29) is 13.1 Å². The maximum atomic E-state index is 13.8. The molecule has 2 heterocycles. The van der Waals surface area contributed by atoms with Gasteiger partial charge in [-0.3, -0.25) is 0 Å². The topological polar surface area (TPSA) is 66.4 Å². The summed E-state index contributed by atoms with van der Waals surface area (Å²) in [4.78, 5) is 9.78. The summed E-state index contributed by atoms with van der Waals surface area (Å²) in [6.45, 7) is 3.03. The van der Waals surface area contributed by atoms with Crippen LogP contribution in [0.25, 0.3) is 0 Å². The largest absolute Gasteiger partial charge is 0.354 e. The zero-order valence-electron chi connectivity index (χ0n) is 13.0. The first-order chi connectivity index (χ1) is 11.4. The molecular weight excluding hydrogens is 338 g/mol. The Kier molecular flexibility index (Phi) is 4.46. The van der Waals surface area contributed by atoms with Gasteiger partial charge in [-0.1, -0.05) is 0 Å². The van der Waals surface area contributed by atoms with E-state index in [0.29, 0.717) is 25.0 Å². The Labute approximate surface area is 138 Å². The molecule has 1 aliphatic heterocycles. The second-order valence-corrected chi connectivity index (χ2v) is 7.33. The third-order valence-corrected chi connectivity index (χ3v) is 5.77. The zero-order valence-corrected chi connectivity index (χ0v) is 13.8. The van der Waals surface area contributed by atoms with Crippen molar-refractivity contribution < 1.29 is 17.2 Å². The quantitative estimate of drug-likeness (QED) is 0.837. The monoisotopic (exact) mass is 354 g/mol. The number of rotatable bonds is 3. The molecule has 9 heteroatoms. The summed E-state index contributed by atoms with van der Waals surface area (Å²) in [5, 5.41) is 0. The van der Waals surface area contributed by atoms with Gasteiger partial charge < -0.3 is 4.90 Å². The van der Waals surface area contributed by atoms with Gasteiger partial charge in [0.1, 0.15) is 28.2 Å². The van der Waals surface area contributed by atoms with Gasteiger partial charge in [-0.15, -0.1) is 0 Å². The highest BCUT2D eigenvalue weighted by Crippen LogP contribution is 2.22. The van der Waals surface area contributed by atoms with Gasteiger partial charge >= 0.3 is 0 Å². The van der Waals surface area contributed by atoms with Gasteiger partial charge in [0, 0.05) is 38.4 Å². The highest BCUT2D eigenvalue weighted by Gasteiger charge is 2.31. The molecule has 0 spiro atoms.